The van der Waals surface area contributed by atoms with Crippen molar-refractivity contribution >= 4 is 5.71 Å². The molecule has 0 fully saturated rings. The van der Waals surface area contributed by atoms with Gasteiger partial charge < -0.3 is 0 Å². The van der Waals surface area contributed by atoms with E-state index < -0.39 is 0 Å². The minimum atomic E-state index is 0.382. The second-order valence-corrected chi connectivity index (χ2v) is 1.66. The number of allylic oxidation sites excluding steroid dienone is 1. The van der Waals surface area contributed by atoms with Crippen molar-refractivity contribution in [2.45, 2.75) is 13.8 Å². The van der Waals surface area contributed by atoms with Gasteiger partial charge in [-0.05, 0) is 25.3 Å². The Morgan fingerprint density at radius 1 is 1.38 bits per heavy atom. The molecule has 0 aromatic heterocycles. The van der Waals surface area contributed by atoms with Gasteiger partial charge in [0.2, 0.25) is 0 Å². The molecule has 0 aromatic rings. The molecule has 1 nitrogen and oxygen atoms in total. The second kappa shape index (κ2) is 3.04. The molecule has 0 spiro atoms. The summed E-state index contributed by atoms with van der Waals surface area (Å²) in [6.07, 6.45) is 0. The van der Waals surface area contributed by atoms with Gasteiger partial charge in [-0.2, -0.15) is 0 Å². The third-order valence-corrected chi connectivity index (χ3v) is 0.463. The largest absolute Gasteiger partial charge is 0.297 e. The summed E-state index contributed by atoms with van der Waals surface area (Å²) >= 11 is 0. The van der Waals surface area contributed by atoms with Gasteiger partial charge in [-0.1, -0.05) is 12.5 Å². The van der Waals surface area contributed by atoms with E-state index in [2.05, 4.69) is 18.4 Å². The summed E-state index contributed by atoms with van der Waals surface area (Å²) in [4.78, 5) is 0. The molecule has 0 atom stereocenters. The number of rotatable bonds is 0. The molecule has 0 saturated heterocycles. The van der Waals surface area contributed by atoms with E-state index >= 15 is 0 Å². The van der Waals surface area contributed by atoms with Gasteiger partial charge in [0.15, 0.2) is 0 Å². The average molecular weight is 107 g/mol. The van der Waals surface area contributed by atoms with E-state index in [1.807, 2.05) is 6.92 Å². The van der Waals surface area contributed by atoms with Crippen LogP contribution in [0.25, 0.3) is 0 Å². The maximum Gasteiger partial charge on any atom is 0.0782 e. The molecule has 0 saturated carbocycles. The lowest BCUT2D eigenvalue weighted by molar-refractivity contribution is 1.51. The number of nitrogens with one attached hydrogen (secondary N) is 1. The Bertz CT molecular complexity index is 149. The zero-order chi connectivity index (χ0) is 6.57. The van der Waals surface area contributed by atoms with Crippen LogP contribution in [-0.2, 0) is 0 Å². The van der Waals surface area contributed by atoms with Crippen LogP contribution < -0.4 is 0 Å². The van der Waals surface area contributed by atoms with Crippen molar-refractivity contribution in [3.05, 3.63) is 12.2 Å². The minimum absolute atomic E-state index is 0.382. The Kier molecular flexibility index (Phi) is 2.64. The SMILES string of the molecule is C=C(C)C#CC(C)=N. The summed E-state index contributed by atoms with van der Waals surface area (Å²) in [6.45, 7) is 7.02. The third kappa shape index (κ3) is 4.97. The number of hydrogen-bond donors (Lipinski definition) is 1. The summed E-state index contributed by atoms with van der Waals surface area (Å²) in [5.74, 6) is 5.25. The molecule has 0 rings (SSSR count). The molecule has 1 heteroatoms. The van der Waals surface area contributed by atoms with E-state index in [0.717, 1.165) is 5.57 Å². The molecule has 0 aromatic carbocycles. The van der Waals surface area contributed by atoms with E-state index in [4.69, 9.17) is 5.41 Å². The lowest BCUT2D eigenvalue weighted by Gasteiger charge is -1.76. The maximum absolute atomic E-state index is 6.87. The Morgan fingerprint density at radius 3 is 2.00 bits per heavy atom. The summed E-state index contributed by atoms with van der Waals surface area (Å²) in [5, 5.41) is 6.87. The first-order valence-corrected chi connectivity index (χ1v) is 2.35. The molecule has 0 radical (unpaired) electrons. The minimum Gasteiger partial charge on any atom is -0.297 e. The van der Waals surface area contributed by atoms with Crippen molar-refractivity contribution in [2.24, 2.45) is 0 Å². The molecule has 0 heterocycles. The van der Waals surface area contributed by atoms with E-state index in [0.29, 0.717) is 5.71 Å². The molecule has 0 bridgehead atoms. The molecular formula is C7H9N. The Morgan fingerprint density at radius 2 is 1.88 bits per heavy atom. The Hall–Kier alpha value is -1.03. The summed E-state index contributed by atoms with van der Waals surface area (Å²) in [7, 11) is 0. The molecule has 42 valence electrons. The third-order valence-electron chi connectivity index (χ3n) is 0.463. The highest BCUT2D eigenvalue weighted by Crippen LogP contribution is 1.78. The highest BCUT2D eigenvalue weighted by molar-refractivity contribution is 5.96. The van der Waals surface area contributed by atoms with E-state index in [9.17, 15) is 0 Å². The molecule has 0 amide bonds. The summed E-state index contributed by atoms with van der Waals surface area (Å²) in [6, 6.07) is 0. The van der Waals surface area contributed by atoms with Crippen LogP contribution in [0.2, 0.25) is 0 Å². The zero-order valence-corrected chi connectivity index (χ0v) is 5.21. The van der Waals surface area contributed by atoms with Gasteiger partial charge in [0.1, 0.15) is 0 Å². The van der Waals surface area contributed by atoms with Crippen LogP contribution in [0.3, 0.4) is 0 Å². The highest BCUT2D eigenvalue weighted by Gasteiger charge is 1.72. The Labute approximate surface area is 49.9 Å². The molecule has 0 unspecified atom stereocenters. The lowest BCUT2D eigenvalue weighted by Crippen LogP contribution is -1.78. The summed E-state index contributed by atoms with van der Waals surface area (Å²) < 4.78 is 0. The van der Waals surface area contributed by atoms with E-state index in [-0.39, 0.29) is 0 Å². The van der Waals surface area contributed by atoms with Crippen molar-refractivity contribution in [3.63, 3.8) is 0 Å². The van der Waals surface area contributed by atoms with Crippen LogP contribution in [0.1, 0.15) is 13.8 Å². The lowest BCUT2D eigenvalue weighted by atomic mass is 10.3. The highest BCUT2D eigenvalue weighted by atomic mass is 14.4. The van der Waals surface area contributed by atoms with Gasteiger partial charge in [-0.15, -0.1) is 0 Å². The predicted octanol–water partition coefficient (Wildman–Crippen LogP) is 1.61. The first kappa shape index (κ1) is 6.97. The van der Waals surface area contributed by atoms with Crippen molar-refractivity contribution in [2.75, 3.05) is 0 Å². The topological polar surface area (TPSA) is 23.9 Å². The number of hydrogen-bond acceptors (Lipinski definition) is 1. The van der Waals surface area contributed by atoms with E-state index in [1.54, 1.807) is 6.92 Å². The van der Waals surface area contributed by atoms with Gasteiger partial charge in [0, 0.05) is 0 Å². The summed E-state index contributed by atoms with van der Waals surface area (Å²) in [5.41, 5.74) is 1.18. The fourth-order valence-electron chi connectivity index (χ4n) is 0.200. The first-order valence-electron chi connectivity index (χ1n) is 2.35. The standard InChI is InChI=1S/C7H9N/c1-6(2)4-5-7(3)8/h8H,1H2,2-3H3. The normalized spacial score (nSPS) is 6.75. The zero-order valence-electron chi connectivity index (χ0n) is 5.21. The first-order chi connectivity index (χ1) is 3.63. The monoisotopic (exact) mass is 107 g/mol. The molecule has 0 aliphatic heterocycles. The van der Waals surface area contributed by atoms with Crippen molar-refractivity contribution in [1.82, 2.24) is 0 Å². The van der Waals surface area contributed by atoms with Crippen LogP contribution in [0, 0.1) is 17.3 Å². The van der Waals surface area contributed by atoms with Crippen LogP contribution in [0.5, 0.6) is 0 Å². The molecule has 8 heavy (non-hydrogen) atoms. The fraction of sp³-hybridized carbons (Fsp3) is 0.286. The molecule has 0 aliphatic rings. The maximum atomic E-state index is 6.87. The van der Waals surface area contributed by atoms with Crippen molar-refractivity contribution < 1.29 is 0 Å². The molecule has 1 N–H and O–H groups in total. The van der Waals surface area contributed by atoms with Crippen LogP contribution >= 0.6 is 0 Å². The van der Waals surface area contributed by atoms with Gasteiger partial charge in [-0.3, -0.25) is 5.41 Å². The van der Waals surface area contributed by atoms with Crippen molar-refractivity contribution in [1.29, 1.82) is 5.41 Å². The van der Waals surface area contributed by atoms with Gasteiger partial charge in [0.25, 0.3) is 0 Å². The van der Waals surface area contributed by atoms with Crippen molar-refractivity contribution in [3.8, 4) is 11.8 Å². The van der Waals surface area contributed by atoms with Gasteiger partial charge >= 0.3 is 0 Å². The second-order valence-electron chi connectivity index (χ2n) is 1.66. The van der Waals surface area contributed by atoms with Gasteiger partial charge in [0.05, 0.1) is 5.71 Å². The molecular weight excluding hydrogens is 98.1 g/mol. The van der Waals surface area contributed by atoms with Crippen LogP contribution in [0.4, 0.5) is 0 Å². The Balaban J connectivity index is 3.87. The quantitative estimate of drug-likeness (QED) is 0.359. The van der Waals surface area contributed by atoms with Crippen LogP contribution in [0.15, 0.2) is 12.2 Å². The van der Waals surface area contributed by atoms with Gasteiger partial charge in [-0.25, -0.2) is 0 Å². The molecule has 0 aliphatic carbocycles. The van der Waals surface area contributed by atoms with E-state index in [1.165, 1.54) is 0 Å². The smallest absolute Gasteiger partial charge is 0.0782 e. The van der Waals surface area contributed by atoms with Crippen LogP contribution in [-0.4, -0.2) is 5.71 Å². The fourth-order valence-corrected chi connectivity index (χ4v) is 0.200. The predicted molar refractivity (Wildman–Crippen MR) is 36.0 cm³/mol. The average Bonchev–Trinajstić information content (AvgIpc) is 1.61.